The van der Waals surface area contributed by atoms with Crippen LogP contribution in [0, 0.1) is 0 Å². The summed E-state index contributed by atoms with van der Waals surface area (Å²) in [7, 11) is 1.94. The molecule has 0 radical (unpaired) electrons. The summed E-state index contributed by atoms with van der Waals surface area (Å²) in [5.74, 6) is 0. The number of fused-ring (bicyclic) bond motifs is 1. The highest BCUT2D eigenvalue weighted by molar-refractivity contribution is 5.81. The molecule has 98 valence electrons. The van der Waals surface area contributed by atoms with Crippen molar-refractivity contribution < 1.29 is 0 Å². The molecule has 0 aliphatic carbocycles. The monoisotopic (exact) mass is 254 g/mol. The lowest BCUT2D eigenvalue weighted by Gasteiger charge is -2.04. The SMILES string of the molecule is Cn1cc(Cn2ccc3cc(CCN)ccc32)cn1. The zero-order valence-electron chi connectivity index (χ0n) is 11.1. The maximum Gasteiger partial charge on any atom is 0.0539 e. The molecule has 2 heterocycles. The van der Waals surface area contributed by atoms with E-state index in [1.54, 1.807) is 0 Å². The molecule has 0 saturated heterocycles. The number of nitrogens with two attached hydrogens (primary N) is 1. The molecule has 0 bridgehead atoms. The van der Waals surface area contributed by atoms with Crippen molar-refractivity contribution in [2.45, 2.75) is 13.0 Å². The van der Waals surface area contributed by atoms with Gasteiger partial charge in [-0.15, -0.1) is 0 Å². The van der Waals surface area contributed by atoms with Crippen molar-refractivity contribution >= 4 is 10.9 Å². The van der Waals surface area contributed by atoms with E-state index in [2.05, 4.69) is 46.3 Å². The minimum absolute atomic E-state index is 0.696. The molecule has 4 nitrogen and oxygen atoms in total. The number of rotatable bonds is 4. The van der Waals surface area contributed by atoms with Crippen LogP contribution < -0.4 is 5.73 Å². The van der Waals surface area contributed by atoms with Crippen molar-refractivity contribution in [2.75, 3.05) is 6.54 Å². The minimum atomic E-state index is 0.696. The van der Waals surface area contributed by atoms with Crippen molar-refractivity contribution in [3.8, 4) is 0 Å². The third-order valence-electron chi connectivity index (χ3n) is 3.38. The second kappa shape index (κ2) is 4.90. The van der Waals surface area contributed by atoms with Gasteiger partial charge in [0.15, 0.2) is 0 Å². The molecule has 0 atom stereocenters. The van der Waals surface area contributed by atoms with Crippen LogP contribution in [0.1, 0.15) is 11.1 Å². The largest absolute Gasteiger partial charge is 0.343 e. The van der Waals surface area contributed by atoms with Gasteiger partial charge in [0.05, 0.1) is 12.7 Å². The fourth-order valence-corrected chi connectivity index (χ4v) is 2.46. The lowest BCUT2D eigenvalue weighted by atomic mass is 10.1. The maximum atomic E-state index is 5.60. The number of nitrogens with zero attached hydrogens (tertiary/aromatic N) is 3. The fraction of sp³-hybridized carbons (Fsp3) is 0.267. The average molecular weight is 254 g/mol. The molecule has 0 unspecified atom stereocenters. The molecule has 3 rings (SSSR count). The first-order valence-corrected chi connectivity index (χ1v) is 6.51. The smallest absolute Gasteiger partial charge is 0.0539 e. The quantitative estimate of drug-likeness (QED) is 0.773. The summed E-state index contributed by atoms with van der Waals surface area (Å²) in [4.78, 5) is 0. The summed E-state index contributed by atoms with van der Waals surface area (Å²) >= 11 is 0. The van der Waals surface area contributed by atoms with E-state index in [-0.39, 0.29) is 0 Å². The highest BCUT2D eigenvalue weighted by Crippen LogP contribution is 2.19. The number of benzene rings is 1. The van der Waals surface area contributed by atoms with E-state index in [1.165, 1.54) is 22.0 Å². The molecule has 2 N–H and O–H groups in total. The number of aryl methyl sites for hydroxylation is 1. The van der Waals surface area contributed by atoms with Crippen LogP contribution in [-0.2, 0) is 20.0 Å². The summed E-state index contributed by atoms with van der Waals surface area (Å²) in [5, 5.41) is 5.48. The molecule has 0 saturated carbocycles. The highest BCUT2D eigenvalue weighted by atomic mass is 15.2. The Balaban J connectivity index is 1.92. The van der Waals surface area contributed by atoms with Gasteiger partial charge in [-0.2, -0.15) is 5.10 Å². The molecular weight excluding hydrogens is 236 g/mol. The van der Waals surface area contributed by atoms with Gasteiger partial charge in [-0.3, -0.25) is 4.68 Å². The van der Waals surface area contributed by atoms with Gasteiger partial charge in [-0.05, 0) is 42.1 Å². The Morgan fingerprint density at radius 3 is 2.84 bits per heavy atom. The zero-order chi connectivity index (χ0) is 13.2. The van der Waals surface area contributed by atoms with E-state index in [0.29, 0.717) is 6.54 Å². The molecule has 0 fully saturated rings. The maximum absolute atomic E-state index is 5.60. The van der Waals surface area contributed by atoms with E-state index in [0.717, 1.165) is 13.0 Å². The minimum Gasteiger partial charge on any atom is -0.343 e. The van der Waals surface area contributed by atoms with E-state index in [1.807, 2.05) is 17.9 Å². The van der Waals surface area contributed by atoms with Gasteiger partial charge in [0, 0.05) is 30.5 Å². The van der Waals surface area contributed by atoms with Crippen LogP contribution in [0.25, 0.3) is 10.9 Å². The standard InChI is InChI=1S/C15H18N4/c1-18-10-13(9-17-18)11-19-7-5-14-8-12(4-6-16)2-3-15(14)19/h2-3,5,7-10H,4,6,11,16H2,1H3. The Kier molecular flexibility index (Phi) is 3.09. The fourth-order valence-electron chi connectivity index (χ4n) is 2.46. The Hall–Kier alpha value is -2.07. The lowest BCUT2D eigenvalue weighted by molar-refractivity contribution is 0.764. The van der Waals surface area contributed by atoms with Gasteiger partial charge >= 0.3 is 0 Å². The second-order valence-electron chi connectivity index (χ2n) is 4.90. The number of aromatic nitrogens is 3. The van der Waals surface area contributed by atoms with Crippen molar-refractivity contribution in [2.24, 2.45) is 12.8 Å². The van der Waals surface area contributed by atoms with E-state index in [4.69, 9.17) is 5.73 Å². The number of hydrogen-bond donors (Lipinski definition) is 1. The zero-order valence-corrected chi connectivity index (χ0v) is 11.1. The molecular formula is C15H18N4. The molecule has 0 aliphatic heterocycles. The van der Waals surface area contributed by atoms with Crippen molar-refractivity contribution in [3.63, 3.8) is 0 Å². The van der Waals surface area contributed by atoms with E-state index in [9.17, 15) is 0 Å². The molecule has 2 aromatic heterocycles. The predicted octanol–water partition coefficient (Wildman–Crippen LogP) is 1.92. The summed E-state index contributed by atoms with van der Waals surface area (Å²) < 4.78 is 4.08. The lowest BCUT2D eigenvalue weighted by Crippen LogP contribution is -2.02. The average Bonchev–Trinajstić information content (AvgIpc) is 2.97. The van der Waals surface area contributed by atoms with Gasteiger partial charge in [0.2, 0.25) is 0 Å². The van der Waals surface area contributed by atoms with Gasteiger partial charge in [0.25, 0.3) is 0 Å². The summed E-state index contributed by atoms with van der Waals surface area (Å²) in [6.07, 6.45) is 7.02. The van der Waals surface area contributed by atoms with Crippen LogP contribution in [0.15, 0.2) is 42.9 Å². The van der Waals surface area contributed by atoms with Crippen LogP contribution in [0.2, 0.25) is 0 Å². The third-order valence-corrected chi connectivity index (χ3v) is 3.38. The van der Waals surface area contributed by atoms with Crippen molar-refractivity contribution in [1.29, 1.82) is 0 Å². The van der Waals surface area contributed by atoms with Gasteiger partial charge in [0.1, 0.15) is 0 Å². The second-order valence-corrected chi connectivity index (χ2v) is 4.90. The van der Waals surface area contributed by atoms with Crippen molar-refractivity contribution in [1.82, 2.24) is 14.3 Å². The first-order chi connectivity index (χ1) is 9.26. The molecule has 3 aromatic rings. The van der Waals surface area contributed by atoms with Gasteiger partial charge in [-0.25, -0.2) is 0 Å². The summed E-state index contributed by atoms with van der Waals surface area (Å²) in [5.41, 5.74) is 9.37. The molecule has 19 heavy (non-hydrogen) atoms. The summed E-state index contributed by atoms with van der Waals surface area (Å²) in [6.45, 7) is 1.55. The topological polar surface area (TPSA) is 48.8 Å². The third kappa shape index (κ3) is 2.39. The Labute approximate surface area is 112 Å². The van der Waals surface area contributed by atoms with E-state index >= 15 is 0 Å². The Morgan fingerprint density at radius 2 is 2.11 bits per heavy atom. The van der Waals surface area contributed by atoms with Crippen LogP contribution >= 0.6 is 0 Å². The molecule has 1 aromatic carbocycles. The van der Waals surface area contributed by atoms with Crippen LogP contribution in [-0.4, -0.2) is 20.9 Å². The Bertz CT molecular complexity index is 693. The van der Waals surface area contributed by atoms with Gasteiger partial charge in [-0.1, -0.05) is 6.07 Å². The van der Waals surface area contributed by atoms with Crippen LogP contribution in [0.5, 0.6) is 0 Å². The summed E-state index contributed by atoms with van der Waals surface area (Å²) in [6, 6.07) is 8.72. The van der Waals surface area contributed by atoms with Gasteiger partial charge < -0.3 is 10.3 Å². The highest BCUT2D eigenvalue weighted by Gasteiger charge is 2.04. The number of hydrogen-bond acceptors (Lipinski definition) is 2. The molecule has 4 heteroatoms. The molecule has 0 amide bonds. The first kappa shape index (κ1) is 12.0. The molecule has 0 aliphatic rings. The van der Waals surface area contributed by atoms with Crippen LogP contribution in [0.3, 0.4) is 0 Å². The van der Waals surface area contributed by atoms with Crippen LogP contribution in [0.4, 0.5) is 0 Å². The van der Waals surface area contributed by atoms with E-state index < -0.39 is 0 Å². The normalized spacial score (nSPS) is 11.3. The predicted molar refractivity (Wildman–Crippen MR) is 77.0 cm³/mol. The first-order valence-electron chi connectivity index (χ1n) is 6.51. The van der Waals surface area contributed by atoms with Crippen molar-refractivity contribution in [3.05, 3.63) is 54.0 Å². The molecule has 0 spiro atoms. The Morgan fingerprint density at radius 1 is 1.21 bits per heavy atom.